The highest BCUT2D eigenvalue weighted by Gasteiger charge is 2.38. The number of likely N-dealkylation sites (tertiary alicyclic amines) is 1. The molecule has 0 bridgehead atoms. The number of rotatable bonds is 4. The van der Waals surface area contributed by atoms with Crippen molar-refractivity contribution in [2.75, 3.05) is 53.4 Å². The number of hydrogen-bond donors (Lipinski definition) is 1. The SMILES string of the molecule is COc1cccc(CC(=O)N2C[C@H](O)[C@@H](N3CCN(C)CC3)C2)c1. The van der Waals surface area contributed by atoms with Crippen molar-refractivity contribution in [2.45, 2.75) is 18.6 Å². The number of ether oxygens (including phenoxy) is 1. The standard InChI is InChI=1S/C18H27N3O3/c1-19-6-8-20(9-7-19)16-12-21(13-17(16)22)18(23)11-14-4-3-5-15(10-14)24-2/h3-5,10,16-17,22H,6-9,11-13H2,1-2H3/t16-,17-/m0/s1. The summed E-state index contributed by atoms with van der Waals surface area (Å²) in [5.41, 5.74) is 0.942. The molecule has 1 aromatic carbocycles. The Bertz CT molecular complexity index is 572. The van der Waals surface area contributed by atoms with Crippen LogP contribution in [0.3, 0.4) is 0 Å². The van der Waals surface area contributed by atoms with Gasteiger partial charge in [0, 0.05) is 39.3 Å². The summed E-state index contributed by atoms with van der Waals surface area (Å²) in [7, 11) is 3.74. The van der Waals surface area contributed by atoms with Crippen LogP contribution in [0.2, 0.25) is 0 Å². The number of aliphatic hydroxyl groups excluding tert-OH is 1. The summed E-state index contributed by atoms with van der Waals surface area (Å²) in [4.78, 5) is 19.0. The van der Waals surface area contributed by atoms with Gasteiger partial charge in [0.1, 0.15) is 5.75 Å². The van der Waals surface area contributed by atoms with E-state index in [1.807, 2.05) is 24.3 Å². The molecule has 3 rings (SSSR count). The van der Waals surface area contributed by atoms with Crippen molar-refractivity contribution in [1.82, 2.24) is 14.7 Å². The van der Waals surface area contributed by atoms with Crippen molar-refractivity contribution in [1.29, 1.82) is 0 Å². The second-order valence-corrected chi connectivity index (χ2v) is 6.80. The summed E-state index contributed by atoms with van der Waals surface area (Å²) < 4.78 is 5.21. The number of β-amino-alcohol motifs (C(OH)–C–C–N with tert-alkyl or cyclic N) is 1. The minimum absolute atomic E-state index is 0.0629. The predicted octanol–water partition coefficient (Wildman–Crippen LogP) is 0.0568. The van der Waals surface area contributed by atoms with Crippen molar-refractivity contribution >= 4 is 5.91 Å². The maximum Gasteiger partial charge on any atom is 0.227 e. The van der Waals surface area contributed by atoms with Gasteiger partial charge in [0.25, 0.3) is 0 Å². The third-order valence-corrected chi connectivity index (χ3v) is 5.11. The molecular weight excluding hydrogens is 306 g/mol. The van der Waals surface area contributed by atoms with Crippen LogP contribution < -0.4 is 4.74 Å². The third kappa shape index (κ3) is 3.88. The fourth-order valence-electron chi connectivity index (χ4n) is 3.55. The summed E-state index contributed by atoms with van der Waals surface area (Å²) in [6.07, 6.45) is -0.109. The number of benzene rings is 1. The highest BCUT2D eigenvalue weighted by Crippen LogP contribution is 2.20. The van der Waals surface area contributed by atoms with Crippen LogP contribution in [-0.4, -0.2) is 91.3 Å². The van der Waals surface area contributed by atoms with E-state index in [0.29, 0.717) is 19.5 Å². The lowest BCUT2D eigenvalue weighted by molar-refractivity contribution is -0.129. The smallest absolute Gasteiger partial charge is 0.227 e. The van der Waals surface area contributed by atoms with Crippen molar-refractivity contribution in [3.63, 3.8) is 0 Å². The number of methoxy groups -OCH3 is 1. The molecule has 2 heterocycles. The third-order valence-electron chi connectivity index (χ3n) is 5.11. The van der Waals surface area contributed by atoms with Gasteiger partial charge in [0.15, 0.2) is 0 Å². The van der Waals surface area contributed by atoms with Crippen LogP contribution in [0.15, 0.2) is 24.3 Å². The van der Waals surface area contributed by atoms with Crippen molar-refractivity contribution in [2.24, 2.45) is 0 Å². The Morgan fingerprint density at radius 1 is 1.25 bits per heavy atom. The Hall–Kier alpha value is -1.63. The van der Waals surface area contributed by atoms with Gasteiger partial charge in [-0.15, -0.1) is 0 Å². The maximum atomic E-state index is 12.6. The first-order valence-corrected chi connectivity index (χ1v) is 8.58. The molecule has 2 atom stereocenters. The molecule has 2 aliphatic rings. The lowest BCUT2D eigenvalue weighted by Gasteiger charge is -2.37. The number of aliphatic hydroxyl groups is 1. The summed E-state index contributed by atoms with van der Waals surface area (Å²) in [6.45, 7) is 4.99. The summed E-state index contributed by atoms with van der Waals surface area (Å²) in [5.74, 6) is 0.830. The molecule has 24 heavy (non-hydrogen) atoms. The molecule has 0 spiro atoms. The van der Waals surface area contributed by atoms with E-state index >= 15 is 0 Å². The molecule has 0 aromatic heterocycles. The molecule has 1 aromatic rings. The fraction of sp³-hybridized carbons (Fsp3) is 0.611. The molecule has 0 radical (unpaired) electrons. The molecule has 2 saturated heterocycles. The number of piperazine rings is 1. The van der Waals surface area contributed by atoms with Crippen LogP contribution in [0.5, 0.6) is 5.75 Å². The molecular formula is C18H27N3O3. The molecule has 0 aliphatic carbocycles. The van der Waals surface area contributed by atoms with Crippen LogP contribution in [0.1, 0.15) is 5.56 Å². The Balaban J connectivity index is 1.58. The second-order valence-electron chi connectivity index (χ2n) is 6.80. The van der Waals surface area contributed by atoms with Crippen LogP contribution in [0.25, 0.3) is 0 Å². The van der Waals surface area contributed by atoms with Crippen LogP contribution in [0, 0.1) is 0 Å². The number of carbonyl (C=O) groups excluding carboxylic acids is 1. The molecule has 1 N–H and O–H groups in total. The van der Waals surface area contributed by atoms with E-state index in [0.717, 1.165) is 37.5 Å². The molecule has 2 aliphatic heterocycles. The Labute approximate surface area is 143 Å². The van der Waals surface area contributed by atoms with Crippen molar-refractivity contribution < 1.29 is 14.6 Å². The van der Waals surface area contributed by atoms with Gasteiger partial charge in [-0.05, 0) is 24.7 Å². The summed E-state index contributed by atoms with van der Waals surface area (Å²) in [5, 5.41) is 10.4. The van der Waals surface area contributed by atoms with Crippen molar-refractivity contribution in [3.8, 4) is 5.75 Å². The van der Waals surface area contributed by atoms with E-state index in [9.17, 15) is 9.90 Å². The first-order valence-electron chi connectivity index (χ1n) is 8.58. The predicted molar refractivity (Wildman–Crippen MR) is 92.1 cm³/mol. The quantitative estimate of drug-likeness (QED) is 0.844. The minimum Gasteiger partial charge on any atom is -0.497 e. The van der Waals surface area contributed by atoms with Gasteiger partial charge in [-0.3, -0.25) is 9.69 Å². The van der Waals surface area contributed by atoms with E-state index in [-0.39, 0.29) is 11.9 Å². The number of likely N-dealkylation sites (N-methyl/N-ethyl adjacent to an activating group) is 1. The number of nitrogens with zero attached hydrogens (tertiary/aromatic N) is 3. The average molecular weight is 333 g/mol. The molecule has 1 amide bonds. The Morgan fingerprint density at radius 3 is 2.71 bits per heavy atom. The van der Waals surface area contributed by atoms with E-state index < -0.39 is 6.10 Å². The molecule has 2 fully saturated rings. The Morgan fingerprint density at radius 2 is 2.00 bits per heavy atom. The first-order chi connectivity index (χ1) is 11.6. The van der Waals surface area contributed by atoms with E-state index in [1.54, 1.807) is 12.0 Å². The van der Waals surface area contributed by atoms with E-state index in [2.05, 4.69) is 16.8 Å². The molecule has 0 saturated carbocycles. The van der Waals surface area contributed by atoms with E-state index in [1.165, 1.54) is 0 Å². The molecule has 6 heteroatoms. The number of carbonyl (C=O) groups is 1. The Kier molecular flexibility index (Phi) is 5.38. The second kappa shape index (κ2) is 7.51. The average Bonchev–Trinajstić information content (AvgIpc) is 2.98. The topological polar surface area (TPSA) is 56.2 Å². The van der Waals surface area contributed by atoms with Gasteiger partial charge in [-0.1, -0.05) is 12.1 Å². The fourth-order valence-corrected chi connectivity index (χ4v) is 3.55. The largest absolute Gasteiger partial charge is 0.497 e. The highest BCUT2D eigenvalue weighted by molar-refractivity contribution is 5.79. The molecule has 6 nitrogen and oxygen atoms in total. The summed E-state index contributed by atoms with van der Waals surface area (Å²) in [6, 6.07) is 7.66. The number of hydrogen-bond acceptors (Lipinski definition) is 5. The number of amides is 1. The lowest BCUT2D eigenvalue weighted by Crippen LogP contribution is -2.52. The first kappa shape index (κ1) is 17.2. The zero-order valence-electron chi connectivity index (χ0n) is 14.5. The van der Waals surface area contributed by atoms with Gasteiger partial charge in [-0.2, -0.15) is 0 Å². The van der Waals surface area contributed by atoms with Crippen LogP contribution in [0.4, 0.5) is 0 Å². The monoisotopic (exact) mass is 333 g/mol. The van der Waals surface area contributed by atoms with Gasteiger partial charge in [0.05, 0.1) is 25.7 Å². The lowest BCUT2D eigenvalue weighted by atomic mass is 10.1. The zero-order chi connectivity index (χ0) is 17.1. The van der Waals surface area contributed by atoms with Gasteiger partial charge in [-0.25, -0.2) is 0 Å². The normalized spacial score (nSPS) is 25.9. The molecule has 0 unspecified atom stereocenters. The van der Waals surface area contributed by atoms with Gasteiger partial charge < -0.3 is 19.6 Å². The zero-order valence-corrected chi connectivity index (χ0v) is 14.5. The highest BCUT2D eigenvalue weighted by atomic mass is 16.5. The van der Waals surface area contributed by atoms with Crippen LogP contribution >= 0.6 is 0 Å². The van der Waals surface area contributed by atoms with Crippen molar-refractivity contribution in [3.05, 3.63) is 29.8 Å². The van der Waals surface area contributed by atoms with Crippen LogP contribution in [-0.2, 0) is 11.2 Å². The molecule has 132 valence electrons. The maximum absolute atomic E-state index is 12.6. The van der Waals surface area contributed by atoms with Gasteiger partial charge >= 0.3 is 0 Å². The minimum atomic E-state index is -0.456. The van der Waals surface area contributed by atoms with Gasteiger partial charge in [0.2, 0.25) is 5.91 Å². The van der Waals surface area contributed by atoms with E-state index in [4.69, 9.17) is 4.74 Å². The summed E-state index contributed by atoms with van der Waals surface area (Å²) >= 11 is 0.